The van der Waals surface area contributed by atoms with E-state index in [1.807, 2.05) is 48.5 Å². The number of rotatable bonds is 7. The number of nitriles is 1. The number of allylic oxidation sites excluding steroid dienone is 2. The maximum absolute atomic E-state index is 9.53. The highest BCUT2D eigenvalue weighted by Crippen LogP contribution is 2.38. The molecule has 0 N–H and O–H groups in total. The molecule has 1 atom stereocenters. The second-order valence-corrected chi connectivity index (χ2v) is 10.2. The average molecular weight is 530 g/mol. The van der Waals surface area contributed by atoms with Crippen molar-refractivity contribution in [2.24, 2.45) is 0 Å². The summed E-state index contributed by atoms with van der Waals surface area (Å²) >= 11 is 0. The van der Waals surface area contributed by atoms with Gasteiger partial charge in [-0.25, -0.2) is 0 Å². The predicted octanol–water partition coefficient (Wildman–Crippen LogP) is 10.1. The van der Waals surface area contributed by atoms with E-state index in [9.17, 15) is 5.26 Å². The SMILES string of the molecule is CC1=CCC(N(c2ccc(-c3ccccc3)cc2)c2ccc(N(c3ccccc3)c3cccc(C#N)c3)cc2)C=C1. The number of hydrogen-bond acceptors (Lipinski definition) is 3. The molecule has 1 aliphatic carbocycles. The third kappa shape index (κ3) is 5.69. The molecule has 0 fully saturated rings. The summed E-state index contributed by atoms with van der Waals surface area (Å²) in [5, 5.41) is 9.53. The fraction of sp³-hybridized carbons (Fsp3) is 0.0789. The van der Waals surface area contributed by atoms with Crippen molar-refractivity contribution in [3.8, 4) is 17.2 Å². The highest BCUT2D eigenvalue weighted by molar-refractivity contribution is 5.79. The predicted molar refractivity (Wildman–Crippen MR) is 171 cm³/mol. The Bertz CT molecular complexity index is 1710. The Morgan fingerprint density at radius 2 is 1.17 bits per heavy atom. The highest BCUT2D eigenvalue weighted by atomic mass is 15.2. The minimum absolute atomic E-state index is 0.213. The molecule has 0 radical (unpaired) electrons. The summed E-state index contributed by atoms with van der Waals surface area (Å²) in [4.78, 5) is 4.61. The minimum atomic E-state index is 0.213. The Morgan fingerprint density at radius 1 is 0.610 bits per heavy atom. The van der Waals surface area contributed by atoms with Gasteiger partial charge in [0.2, 0.25) is 0 Å². The van der Waals surface area contributed by atoms with E-state index in [0.29, 0.717) is 5.56 Å². The van der Waals surface area contributed by atoms with Crippen LogP contribution < -0.4 is 9.80 Å². The normalized spacial score (nSPS) is 14.1. The van der Waals surface area contributed by atoms with E-state index in [0.717, 1.165) is 34.9 Å². The van der Waals surface area contributed by atoms with E-state index in [1.165, 1.54) is 16.7 Å². The maximum atomic E-state index is 9.53. The van der Waals surface area contributed by atoms with Gasteiger partial charge < -0.3 is 9.80 Å². The van der Waals surface area contributed by atoms with E-state index in [4.69, 9.17) is 0 Å². The fourth-order valence-electron chi connectivity index (χ4n) is 5.39. The third-order valence-electron chi connectivity index (χ3n) is 7.48. The van der Waals surface area contributed by atoms with Crippen LogP contribution in [0.1, 0.15) is 18.9 Å². The Morgan fingerprint density at radius 3 is 1.80 bits per heavy atom. The summed E-state index contributed by atoms with van der Waals surface area (Å²) in [5.41, 5.74) is 9.66. The van der Waals surface area contributed by atoms with Crippen LogP contribution in [0.2, 0.25) is 0 Å². The van der Waals surface area contributed by atoms with Gasteiger partial charge in [0.05, 0.1) is 17.7 Å². The Labute approximate surface area is 242 Å². The molecular formula is C38H31N3. The molecule has 198 valence electrons. The minimum Gasteiger partial charge on any atom is -0.334 e. The first-order chi connectivity index (χ1) is 20.2. The van der Waals surface area contributed by atoms with Crippen molar-refractivity contribution in [1.82, 2.24) is 0 Å². The number of hydrogen-bond donors (Lipinski definition) is 0. The first-order valence-electron chi connectivity index (χ1n) is 13.9. The summed E-state index contributed by atoms with van der Waals surface area (Å²) < 4.78 is 0. The Kier molecular flexibility index (Phi) is 7.47. The lowest BCUT2D eigenvalue weighted by Crippen LogP contribution is -2.30. The van der Waals surface area contributed by atoms with Crippen molar-refractivity contribution >= 4 is 28.4 Å². The van der Waals surface area contributed by atoms with Crippen LogP contribution in [-0.2, 0) is 0 Å². The molecule has 1 aliphatic rings. The van der Waals surface area contributed by atoms with Crippen molar-refractivity contribution in [2.75, 3.05) is 9.80 Å². The van der Waals surface area contributed by atoms with Gasteiger partial charge >= 0.3 is 0 Å². The average Bonchev–Trinajstić information content (AvgIpc) is 3.04. The van der Waals surface area contributed by atoms with E-state index in [1.54, 1.807) is 0 Å². The van der Waals surface area contributed by atoms with Crippen LogP contribution in [0.3, 0.4) is 0 Å². The molecular weight excluding hydrogens is 498 g/mol. The zero-order valence-electron chi connectivity index (χ0n) is 23.1. The van der Waals surface area contributed by atoms with Crippen LogP contribution in [0.4, 0.5) is 28.4 Å². The van der Waals surface area contributed by atoms with Gasteiger partial charge in [-0.1, -0.05) is 90.5 Å². The molecule has 0 heterocycles. The first kappa shape index (κ1) is 25.9. The van der Waals surface area contributed by atoms with E-state index >= 15 is 0 Å². The van der Waals surface area contributed by atoms with Crippen molar-refractivity contribution in [3.63, 3.8) is 0 Å². The number of nitrogens with zero attached hydrogens (tertiary/aromatic N) is 3. The fourth-order valence-corrected chi connectivity index (χ4v) is 5.39. The summed E-state index contributed by atoms with van der Waals surface area (Å²) in [5.74, 6) is 0. The first-order valence-corrected chi connectivity index (χ1v) is 13.9. The standard InChI is InChI=1S/C38H31N3/c1-29-15-19-34(20-16-29)40(35-21-17-32(18-22-35)31-10-4-2-5-11-31)36-23-25-37(26-24-36)41(33-12-6-3-7-13-33)38-14-8-9-30(27-38)28-39/h2-19,21-27,34H,20H2,1H3. The smallest absolute Gasteiger partial charge is 0.0992 e. The second kappa shape index (κ2) is 11.8. The molecule has 3 nitrogen and oxygen atoms in total. The largest absolute Gasteiger partial charge is 0.334 e. The van der Waals surface area contributed by atoms with Gasteiger partial charge in [-0.3, -0.25) is 0 Å². The van der Waals surface area contributed by atoms with Crippen LogP contribution in [0.25, 0.3) is 11.1 Å². The lowest BCUT2D eigenvalue weighted by molar-refractivity contribution is 0.779. The van der Waals surface area contributed by atoms with Crippen LogP contribution in [0.5, 0.6) is 0 Å². The molecule has 5 aromatic rings. The molecule has 6 rings (SSSR count). The molecule has 0 aromatic heterocycles. The molecule has 0 saturated carbocycles. The molecule has 0 amide bonds. The molecule has 0 aliphatic heterocycles. The van der Waals surface area contributed by atoms with Crippen molar-refractivity contribution < 1.29 is 0 Å². The van der Waals surface area contributed by atoms with Gasteiger partial charge in [0, 0.05) is 28.4 Å². The van der Waals surface area contributed by atoms with Crippen LogP contribution in [0, 0.1) is 11.3 Å². The molecule has 0 spiro atoms. The van der Waals surface area contributed by atoms with Crippen LogP contribution in [0.15, 0.2) is 157 Å². The summed E-state index contributed by atoms with van der Waals surface area (Å²) in [6, 6.07) is 48.6. The maximum Gasteiger partial charge on any atom is 0.0992 e. The van der Waals surface area contributed by atoms with Gasteiger partial charge in [-0.15, -0.1) is 0 Å². The topological polar surface area (TPSA) is 30.3 Å². The lowest BCUT2D eigenvalue weighted by Gasteiger charge is -2.34. The van der Waals surface area contributed by atoms with E-state index < -0.39 is 0 Å². The van der Waals surface area contributed by atoms with Gasteiger partial charge in [-0.2, -0.15) is 5.26 Å². The van der Waals surface area contributed by atoms with Gasteiger partial charge in [-0.05, 0) is 91.2 Å². The molecule has 1 unspecified atom stereocenters. The van der Waals surface area contributed by atoms with Crippen LogP contribution in [-0.4, -0.2) is 6.04 Å². The van der Waals surface area contributed by atoms with Crippen molar-refractivity contribution in [1.29, 1.82) is 5.26 Å². The van der Waals surface area contributed by atoms with E-state index in [2.05, 4.69) is 126 Å². The number of benzene rings is 5. The highest BCUT2D eigenvalue weighted by Gasteiger charge is 2.21. The summed E-state index contributed by atoms with van der Waals surface area (Å²) in [7, 11) is 0. The third-order valence-corrected chi connectivity index (χ3v) is 7.48. The van der Waals surface area contributed by atoms with Crippen molar-refractivity contribution in [3.05, 3.63) is 163 Å². The van der Waals surface area contributed by atoms with Crippen molar-refractivity contribution in [2.45, 2.75) is 19.4 Å². The van der Waals surface area contributed by atoms with Gasteiger partial charge in [0.1, 0.15) is 0 Å². The quantitative estimate of drug-likeness (QED) is 0.210. The monoisotopic (exact) mass is 529 g/mol. The lowest BCUT2D eigenvalue weighted by atomic mass is 10.00. The molecule has 0 saturated heterocycles. The summed E-state index contributed by atoms with van der Waals surface area (Å²) in [6.07, 6.45) is 7.77. The van der Waals surface area contributed by atoms with Gasteiger partial charge in [0.25, 0.3) is 0 Å². The summed E-state index contributed by atoms with van der Waals surface area (Å²) in [6.45, 7) is 2.15. The molecule has 3 heteroatoms. The Balaban J connectivity index is 1.38. The van der Waals surface area contributed by atoms with Gasteiger partial charge in [0.15, 0.2) is 0 Å². The number of para-hydroxylation sites is 1. The zero-order chi connectivity index (χ0) is 28.0. The molecule has 0 bridgehead atoms. The number of anilines is 5. The molecule has 5 aromatic carbocycles. The van der Waals surface area contributed by atoms with Crippen LogP contribution >= 0.6 is 0 Å². The molecule has 41 heavy (non-hydrogen) atoms. The second-order valence-electron chi connectivity index (χ2n) is 10.2. The zero-order valence-corrected chi connectivity index (χ0v) is 23.1. The van der Waals surface area contributed by atoms with E-state index in [-0.39, 0.29) is 6.04 Å². The Hall–Kier alpha value is -5.33.